The van der Waals surface area contributed by atoms with Crippen molar-refractivity contribution in [3.8, 4) is 11.3 Å². The van der Waals surface area contributed by atoms with Gasteiger partial charge < -0.3 is 4.43 Å². The van der Waals surface area contributed by atoms with Crippen LogP contribution in [0.5, 0.6) is 0 Å². The van der Waals surface area contributed by atoms with Crippen LogP contribution in [0, 0.1) is 0 Å². The summed E-state index contributed by atoms with van der Waals surface area (Å²) in [6, 6.07) is 15.8. The zero-order valence-corrected chi connectivity index (χ0v) is 22.2. The number of benzene rings is 1. The van der Waals surface area contributed by atoms with Gasteiger partial charge in [-0.1, -0.05) is 83.6 Å². The van der Waals surface area contributed by atoms with Crippen LogP contribution in [0.1, 0.15) is 75.2 Å². The normalized spacial score (nSPS) is 11.5. The lowest BCUT2D eigenvalue weighted by atomic mass is 10.1. The van der Waals surface area contributed by atoms with Crippen molar-refractivity contribution in [2.45, 2.75) is 84.0 Å². The van der Waals surface area contributed by atoms with E-state index in [0.29, 0.717) is 12.2 Å². The molecule has 0 aliphatic carbocycles. The Kier molecular flexibility index (Phi) is 11.8. The van der Waals surface area contributed by atoms with Crippen LogP contribution in [0.15, 0.2) is 42.6 Å². The molecule has 2 rings (SSSR count). The van der Waals surface area contributed by atoms with Gasteiger partial charge in [-0.3, -0.25) is 14.6 Å². The van der Waals surface area contributed by atoms with Gasteiger partial charge in [-0.05, 0) is 35.8 Å². The Hall–Kier alpha value is -2.02. The summed E-state index contributed by atoms with van der Waals surface area (Å²) in [7, 11) is 1.36. The lowest BCUT2D eigenvalue weighted by molar-refractivity contribution is -0.0757. The molecule has 0 aliphatic heterocycles. The van der Waals surface area contributed by atoms with Gasteiger partial charge in [0.2, 0.25) is 0 Å². The molecule has 0 radical (unpaired) electrons. The minimum atomic E-state index is -1.72. The lowest BCUT2D eigenvalue weighted by Crippen LogP contribution is -2.38. The maximum Gasteiger partial charge on any atom is 0.277 e. The van der Waals surface area contributed by atoms with Crippen LogP contribution < -0.4 is 0 Å². The van der Waals surface area contributed by atoms with E-state index < -0.39 is 8.32 Å². The fourth-order valence-corrected chi connectivity index (χ4v) is 8.73. The van der Waals surface area contributed by atoms with Crippen LogP contribution >= 0.6 is 0 Å². The van der Waals surface area contributed by atoms with Gasteiger partial charge in [0.1, 0.15) is 0 Å². The minimum absolute atomic E-state index is 0.196. The fraction of sp³-hybridized carbons (Fsp3) is 0.556. The van der Waals surface area contributed by atoms with E-state index in [1.165, 1.54) is 74.4 Å². The number of aromatic nitrogens is 1. The fourth-order valence-electron chi connectivity index (χ4n) is 4.08. The average Bonchev–Trinajstić information content (AvgIpc) is 2.87. The Bertz CT molecular complexity index is 820. The summed E-state index contributed by atoms with van der Waals surface area (Å²) >= 11 is 0. The average molecular weight is 471 g/mol. The highest BCUT2D eigenvalue weighted by Gasteiger charge is 2.33. The molecule has 1 aromatic heterocycles. The van der Waals surface area contributed by atoms with Crippen molar-refractivity contribution < 1.29 is 14.1 Å². The second-order valence-corrected chi connectivity index (χ2v) is 13.0. The van der Waals surface area contributed by atoms with Crippen molar-refractivity contribution in [1.29, 1.82) is 0 Å². The molecular formula is C27H42N2O3Si. The molecule has 0 spiro atoms. The molecular weight excluding hydrogens is 428 g/mol. The van der Waals surface area contributed by atoms with Crippen LogP contribution in [-0.4, -0.2) is 38.4 Å². The number of hydroxylamine groups is 2. The largest absolute Gasteiger partial charge is 0.413 e. The molecule has 182 valence electrons. The quantitative estimate of drug-likeness (QED) is 0.203. The Morgan fingerprint density at radius 1 is 0.939 bits per heavy atom. The van der Waals surface area contributed by atoms with Crippen molar-refractivity contribution in [2.24, 2.45) is 0 Å². The molecule has 2 aromatic rings. The summed E-state index contributed by atoms with van der Waals surface area (Å²) in [5.74, 6) is -0.196. The Morgan fingerprint density at radius 3 is 2.03 bits per heavy atom. The molecule has 0 N–H and O–H groups in total. The Morgan fingerprint density at radius 2 is 1.52 bits per heavy atom. The predicted molar refractivity (Wildman–Crippen MR) is 138 cm³/mol. The second-order valence-electron chi connectivity index (χ2n) is 8.89. The first kappa shape index (κ1) is 27.2. The number of hydrogen-bond donors (Lipinski definition) is 0. The molecule has 0 bridgehead atoms. The summed E-state index contributed by atoms with van der Waals surface area (Å²) in [6.07, 6.45) is 9.20. The summed E-state index contributed by atoms with van der Waals surface area (Å²) in [4.78, 5) is 21.8. The van der Waals surface area contributed by atoms with E-state index in [4.69, 9.17) is 9.26 Å². The highest BCUT2D eigenvalue weighted by atomic mass is 28.4. The van der Waals surface area contributed by atoms with Gasteiger partial charge in [-0.2, -0.15) is 0 Å². The van der Waals surface area contributed by atoms with Gasteiger partial charge in [-0.15, -0.1) is 0 Å². The summed E-state index contributed by atoms with van der Waals surface area (Å²) in [6.45, 7) is 7.53. The van der Waals surface area contributed by atoms with E-state index in [1.807, 2.05) is 6.07 Å². The molecule has 1 heterocycles. The van der Waals surface area contributed by atoms with Gasteiger partial charge in [0.05, 0.1) is 19.4 Å². The SMILES string of the molecule is CCCC[Si](CCCC)(CCCC)OCc1ccc(-c2cc(C(=O)N(C)OC)ccn2)cc1. The number of carbonyl (C=O) groups is 1. The summed E-state index contributed by atoms with van der Waals surface area (Å²) < 4.78 is 6.82. The molecule has 0 atom stereocenters. The first-order chi connectivity index (χ1) is 16.0. The number of pyridine rings is 1. The van der Waals surface area contributed by atoms with Gasteiger partial charge >= 0.3 is 0 Å². The smallest absolute Gasteiger partial charge is 0.277 e. The number of amides is 1. The van der Waals surface area contributed by atoms with Crippen molar-refractivity contribution >= 4 is 14.2 Å². The molecule has 33 heavy (non-hydrogen) atoms. The monoisotopic (exact) mass is 470 g/mol. The van der Waals surface area contributed by atoms with E-state index in [-0.39, 0.29) is 5.91 Å². The highest BCUT2D eigenvalue weighted by molar-refractivity contribution is 6.73. The van der Waals surface area contributed by atoms with Crippen molar-refractivity contribution in [3.05, 3.63) is 53.7 Å². The van der Waals surface area contributed by atoms with Gasteiger partial charge in [0, 0.05) is 24.4 Å². The molecule has 0 unspecified atom stereocenters. The Labute approximate surface area is 201 Å². The number of rotatable bonds is 15. The van der Waals surface area contributed by atoms with Crippen LogP contribution in [-0.2, 0) is 15.9 Å². The number of carbonyl (C=O) groups excluding carboxylic acids is 1. The number of hydrogen-bond acceptors (Lipinski definition) is 4. The summed E-state index contributed by atoms with van der Waals surface area (Å²) in [5, 5.41) is 1.21. The van der Waals surface area contributed by atoms with E-state index in [9.17, 15) is 4.79 Å². The molecule has 1 amide bonds. The lowest BCUT2D eigenvalue weighted by Gasteiger charge is -2.32. The molecule has 0 saturated carbocycles. The minimum Gasteiger partial charge on any atom is -0.413 e. The first-order valence-electron chi connectivity index (χ1n) is 12.5. The van der Waals surface area contributed by atoms with E-state index in [1.54, 1.807) is 19.3 Å². The first-order valence-corrected chi connectivity index (χ1v) is 15.0. The highest BCUT2D eigenvalue weighted by Crippen LogP contribution is 2.31. The van der Waals surface area contributed by atoms with E-state index in [0.717, 1.165) is 11.3 Å². The van der Waals surface area contributed by atoms with Gasteiger partial charge in [0.25, 0.3) is 5.91 Å². The van der Waals surface area contributed by atoms with E-state index in [2.05, 4.69) is 50.0 Å². The van der Waals surface area contributed by atoms with Gasteiger partial charge in [0.15, 0.2) is 8.32 Å². The third-order valence-electron chi connectivity index (χ3n) is 6.32. The summed E-state index contributed by atoms with van der Waals surface area (Å²) in [5.41, 5.74) is 3.51. The number of unbranched alkanes of at least 4 members (excludes halogenated alkanes) is 3. The van der Waals surface area contributed by atoms with E-state index >= 15 is 0 Å². The topological polar surface area (TPSA) is 51.7 Å². The van der Waals surface area contributed by atoms with Gasteiger partial charge in [-0.25, -0.2) is 5.06 Å². The Balaban J connectivity index is 2.12. The van der Waals surface area contributed by atoms with Crippen molar-refractivity contribution in [3.63, 3.8) is 0 Å². The van der Waals surface area contributed by atoms with Crippen LogP contribution in [0.4, 0.5) is 0 Å². The van der Waals surface area contributed by atoms with Crippen LogP contribution in [0.25, 0.3) is 11.3 Å². The molecule has 5 nitrogen and oxygen atoms in total. The third-order valence-corrected chi connectivity index (χ3v) is 10.9. The molecule has 0 fully saturated rings. The predicted octanol–water partition coefficient (Wildman–Crippen LogP) is 7.24. The second kappa shape index (κ2) is 14.3. The maximum atomic E-state index is 12.4. The van der Waals surface area contributed by atoms with Crippen LogP contribution in [0.2, 0.25) is 18.1 Å². The number of nitrogens with zero attached hydrogens (tertiary/aromatic N) is 2. The third kappa shape index (κ3) is 8.36. The van der Waals surface area contributed by atoms with Crippen molar-refractivity contribution in [1.82, 2.24) is 10.0 Å². The molecule has 1 aromatic carbocycles. The standard InChI is InChI=1S/C27H42N2O3Si/c1-6-9-18-33(19-10-7-2,20-11-8-3)32-22-23-12-14-24(15-13-23)26-21-25(16-17-28-26)27(30)29(4)31-5/h12-17,21H,6-11,18-20,22H2,1-5H3. The van der Waals surface area contributed by atoms with Crippen LogP contribution in [0.3, 0.4) is 0 Å². The molecule has 0 saturated heterocycles. The maximum absolute atomic E-state index is 12.4. The zero-order valence-electron chi connectivity index (χ0n) is 21.2. The van der Waals surface area contributed by atoms with Crippen molar-refractivity contribution in [2.75, 3.05) is 14.2 Å². The zero-order chi connectivity index (χ0) is 24.1. The molecule has 0 aliphatic rings. The molecule has 6 heteroatoms.